The Morgan fingerprint density at radius 2 is 2.33 bits per heavy atom. The molecule has 0 aliphatic rings. The number of nitrogens with one attached hydrogen (secondary N) is 2. The summed E-state index contributed by atoms with van der Waals surface area (Å²) in [6.07, 6.45) is 1.67. The fourth-order valence-corrected chi connectivity index (χ4v) is 1.99. The lowest BCUT2D eigenvalue weighted by molar-refractivity contribution is 0.0951. The molecule has 1 aromatic heterocycles. The molecule has 0 aliphatic carbocycles. The predicted octanol–water partition coefficient (Wildman–Crippen LogP) is 1.50. The first kappa shape index (κ1) is 12.5. The average molecular weight is 266 g/mol. The van der Waals surface area contributed by atoms with Crippen molar-refractivity contribution in [2.75, 3.05) is 5.43 Å². The van der Waals surface area contributed by atoms with Crippen molar-refractivity contribution in [3.63, 3.8) is 0 Å². The maximum absolute atomic E-state index is 13.4. The molecular weight excluding hydrogens is 255 g/mol. The summed E-state index contributed by atoms with van der Waals surface area (Å²) in [5.74, 6) is 4.24. The number of anilines is 1. The summed E-state index contributed by atoms with van der Waals surface area (Å²) in [5, 5.41) is 2.67. The van der Waals surface area contributed by atoms with Crippen LogP contribution >= 0.6 is 11.3 Å². The molecule has 0 bridgehead atoms. The Hall–Kier alpha value is -1.99. The highest BCUT2D eigenvalue weighted by atomic mass is 32.1. The number of carbonyl (C=O) groups is 1. The molecule has 0 saturated heterocycles. The third kappa shape index (κ3) is 2.63. The summed E-state index contributed by atoms with van der Waals surface area (Å²) in [4.78, 5) is 16.7. The van der Waals surface area contributed by atoms with Gasteiger partial charge in [-0.2, -0.15) is 0 Å². The van der Waals surface area contributed by atoms with E-state index in [9.17, 15) is 9.18 Å². The van der Waals surface area contributed by atoms with Gasteiger partial charge in [-0.25, -0.2) is 4.39 Å². The lowest BCUT2D eigenvalue weighted by Crippen LogP contribution is -2.25. The molecular formula is C11H11FN4OS. The number of hydrogen-bond donors (Lipinski definition) is 3. The van der Waals surface area contributed by atoms with Crippen molar-refractivity contribution in [2.24, 2.45) is 5.84 Å². The highest BCUT2D eigenvalue weighted by molar-refractivity contribution is 7.09. The summed E-state index contributed by atoms with van der Waals surface area (Å²) in [5.41, 5.74) is 4.02. The fraction of sp³-hybridized carbons (Fsp3) is 0.0909. The highest BCUT2D eigenvalue weighted by Crippen LogP contribution is 2.18. The number of aromatic nitrogens is 1. The third-order valence-corrected chi connectivity index (χ3v) is 3.09. The van der Waals surface area contributed by atoms with Gasteiger partial charge in [0.2, 0.25) is 0 Å². The first-order valence-electron chi connectivity index (χ1n) is 5.13. The lowest BCUT2D eigenvalue weighted by Gasteiger charge is -2.09. The fourth-order valence-electron chi connectivity index (χ4n) is 1.45. The maximum atomic E-state index is 13.4. The molecule has 1 amide bonds. The van der Waals surface area contributed by atoms with Crippen molar-refractivity contribution >= 4 is 22.9 Å². The van der Waals surface area contributed by atoms with Gasteiger partial charge in [0.25, 0.3) is 5.91 Å². The van der Waals surface area contributed by atoms with E-state index in [0.717, 1.165) is 4.88 Å². The van der Waals surface area contributed by atoms with Crippen LogP contribution in [0.2, 0.25) is 0 Å². The van der Waals surface area contributed by atoms with Crippen molar-refractivity contribution in [3.05, 3.63) is 46.2 Å². The first-order chi connectivity index (χ1) is 8.72. The lowest BCUT2D eigenvalue weighted by atomic mass is 10.1. The Balaban J connectivity index is 2.11. The largest absolute Gasteiger partial charge is 0.347 e. The van der Waals surface area contributed by atoms with Gasteiger partial charge in [-0.1, -0.05) is 6.07 Å². The summed E-state index contributed by atoms with van der Waals surface area (Å²) < 4.78 is 13.4. The van der Waals surface area contributed by atoms with Crippen LogP contribution in [-0.2, 0) is 6.54 Å². The van der Waals surface area contributed by atoms with Gasteiger partial charge in [0.05, 0.1) is 23.3 Å². The second-order valence-electron chi connectivity index (χ2n) is 3.46. The summed E-state index contributed by atoms with van der Waals surface area (Å²) in [7, 11) is 0. The highest BCUT2D eigenvalue weighted by Gasteiger charge is 2.14. The number of para-hydroxylation sites is 1. The monoisotopic (exact) mass is 266 g/mol. The van der Waals surface area contributed by atoms with Crippen LogP contribution in [0.15, 0.2) is 29.9 Å². The number of thiazole rings is 1. The minimum absolute atomic E-state index is 0.0145. The molecule has 4 N–H and O–H groups in total. The number of amides is 1. The Bertz CT molecular complexity index is 544. The van der Waals surface area contributed by atoms with Crippen LogP contribution in [0.3, 0.4) is 0 Å². The van der Waals surface area contributed by atoms with Crippen LogP contribution in [0.1, 0.15) is 15.2 Å². The van der Waals surface area contributed by atoms with Crippen LogP contribution in [0.4, 0.5) is 10.1 Å². The molecule has 0 unspecified atom stereocenters. The van der Waals surface area contributed by atoms with Gasteiger partial charge in [0.1, 0.15) is 5.82 Å². The van der Waals surface area contributed by atoms with Crippen molar-refractivity contribution < 1.29 is 9.18 Å². The second kappa shape index (κ2) is 5.56. The zero-order valence-corrected chi connectivity index (χ0v) is 10.1. The Morgan fingerprint density at radius 3 is 3.00 bits per heavy atom. The summed E-state index contributed by atoms with van der Waals surface area (Å²) >= 11 is 1.43. The molecule has 2 rings (SSSR count). The summed E-state index contributed by atoms with van der Waals surface area (Å²) in [6.45, 7) is 0.351. The molecule has 0 spiro atoms. The molecule has 7 heteroatoms. The molecule has 0 radical (unpaired) electrons. The zero-order chi connectivity index (χ0) is 13.0. The van der Waals surface area contributed by atoms with Gasteiger partial charge in [0.15, 0.2) is 0 Å². The molecule has 5 nitrogen and oxygen atoms in total. The number of carbonyl (C=O) groups excluding carboxylic acids is 1. The minimum atomic E-state index is -0.567. The van der Waals surface area contributed by atoms with Gasteiger partial charge in [-0.3, -0.25) is 15.6 Å². The second-order valence-corrected chi connectivity index (χ2v) is 4.43. The SMILES string of the molecule is NNc1c(F)cccc1C(=O)NCc1cncs1. The molecule has 1 heterocycles. The molecule has 94 valence electrons. The van der Waals surface area contributed by atoms with Crippen LogP contribution in [-0.4, -0.2) is 10.9 Å². The normalized spacial score (nSPS) is 10.1. The number of hydrazine groups is 1. The molecule has 0 fully saturated rings. The average Bonchev–Trinajstić information content (AvgIpc) is 2.88. The smallest absolute Gasteiger partial charge is 0.253 e. The maximum Gasteiger partial charge on any atom is 0.253 e. The minimum Gasteiger partial charge on any atom is -0.347 e. The number of halogens is 1. The van der Waals surface area contributed by atoms with Crippen LogP contribution in [0, 0.1) is 5.82 Å². The Kier molecular flexibility index (Phi) is 3.85. The molecule has 18 heavy (non-hydrogen) atoms. The van der Waals surface area contributed by atoms with Gasteiger partial charge >= 0.3 is 0 Å². The number of nitrogen functional groups attached to an aromatic ring is 1. The van der Waals surface area contributed by atoms with Crippen LogP contribution < -0.4 is 16.6 Å². The van der Waals surface area contributed by atoms with E-state index in [1.807, 2.05) is 0 Å². The molecule has 0 aliphatic heterocycles. The zero-order valence-electron chi connectivity index (χ0n) is 9.31. The molecule has 2 aromatic rings. The van der Waals surface area contributed by atoms with Crippen molar-refractivity contribution in [1.29, 1.82) is 0 Å². The van der Waals surface area contributed by atoms with E-state index in [-0.39, 0.29) is 11.3 Å². The first-order valence-corrected chi connectivity index (χ1v) is 6.01. The quantitative estimate of drug-likeness (QED) is 0.578. The van der Waals surface area contributed by atoms with E-state index in [0.29, 0.717) is 6.54 Å². The van der Waals surface area contributed by atoms with E-state index in [2.05, 4.69) is 15.7 Å². The van der Waals surface area contributed by atoms with Crippen molar-refractivity contribution in [1.82, 2.24) is 10.3 Å². The van der Waals surface area contributed by atoms with Crippen LogP contribution in [0.5, 0.6) is 0 Å². The summed E-state index contributed by atoms with van der Waals surface area (Å²) in [6, 6.07) is 4.19. The topological polar surface area (TPSA) is 80.0 Å². The van der Waals surface area contributed by atoms with E-state index >= 15 is 0 Å². The van der Waals surface area contributed by atoms with E-state index in [1.54, 1.807) is 11.7 Å². The number of hydrogen-bond acceptors (Lipinski definition) is 5. The molecule has 1 aromatic carbocycles. The number of benzene rings is 1. The standard InChI is InChI=1S/C11H11FN4OS/c12-9-3-1-2-8(10(9)16-13)11(17)15-5-7-4-14-6-18-7/h1-4,6,16H,5,13H2,(H,15,17). The van der Waals surface area contributed by atoms with Gasteiger partial charge in [0, 0.05) is 11.1 Å². The number of rotatable bonds is 4. The predicted molar refractivity (Wildman–Crippen MR) is 67.5 cm³/mol. The van der Waals surface area contributed by atoms with Gasteiger partial charge in [-0.15, -0.1) is 11.3 Å². The van der Waals surface area contributed by atoms with Crippen molar-refractivity contribution in [3.8, 4) is 0 Å². The number of nitrogens with zero attached hydrogens (tertiary/aromatic N) is 1. The van der Waals surface area contributed by atoms with E-state index < -0.39 is 11.7 Å². The van der Waals surface area contributed by atoms with E-state index in [1.165, 1.54) is 29.5 Å². The molecule has 0 atom stereocenters. The van der Waals surface area contributed by atoms with Gasteiger partial charge in [-0.05, 0) is 12.1 Å². The number of nitrogens with two attached hydrogens (primary N) is 1. The van der Waals surface area contributed by atoms with Crippen LogP contribution in [0.25, 0.3) is 0 Å². The Labute approximate surface area is 107 Å². The molecule has 0 saturated carbocycles. The third-order valence-electron chi connectivity index (χ3n) is 2.31. The Morgan fingerprint density at radius 1 is 1.50 bits per heavy atom. The van der Waals surface area contributed by atoms with Crippen molar-refractivity contribution in [2.45, 2.75) is 6.54 Å². The van der Waals surface area contributed by atoms with Gasteiger partial charge < -0.3 is 10.7 Å². The van der Waals surface area contributed by atoms with E-state index in [4.69, 9.17) is 5.84 Å².